The first kappa shape index (κ1) is 34.8. The van der Waals surface area contributed by atoms with Crippen LogP contribution in [-0.4, -0.2) is 61.6 Å². The summed E-state index contributed by atoms with van der Waals surface area (Å²) in [5.41, 5.74) is -0.834. The zero-order valence-corrected chi connectivity index (χ0v) is 23.9. The molecule has 35 heavy (non-hydrogen) atoms. The molecule has 0 aromatic carbocycles. The summed E-state index contributed by atoms with van der Waals surface area (Å²) in [5, 5.41) is 19.1. The van der Waals surface area contributed by atoms with Gasteiger partial charge in [-0.05, 0) is 20.3 Å². The van der Waals surface area contributed by atoms with E-state index in [0.29, 0.717) is 33.0 Å². The molecule has 0 saturated carbocycles. The summed E-state index contributed by atoms with van der Waals surface area (Å²) in [6, 6.07) is 0. The van der Waals surface area contributed by atoms with Crippen LogP contribution in [0.25, 0.3) is 0 Å². The minimum Gasteiger partial charge on any atom is -0.394 e. The van der Waals surface area contributed by atoms with Crippen molar-refractivity contribution in [2.24, 2.45) is 0 Å². The van der Waals surface area contributed by atoms with Crippen LogP contribution in [0.1, 0.15) is 143 Å². The fourth-order valence-corrected chi connectivity index (χ4v) is 4.51. The van der Waals surface area contributed by atoms with E-state index in [9.17, 15) is 5.11 Å². The van der Waals surface area contributed by atoms with Crippen molar-refractivity contribution in [3.05, 3.63) is 0 Å². The average molecular weight is 503 g/mol. The van der Waals surface area contributed by atoms with E-state index in [1.807, 2.05) is 13.8 Å². The van der Waals surface area contributed by atoms with Crippen LogP contribution in [0.3, 0.4) is 0 Å². The number of rotatable bonds is 29. The molecule has 0 aliphatic rings. The van der Waals surface area contributed by atoms with Crippen LogP contribution in [0.4, 0.5) is 0 Å². The molecule has 0 heterocycles. The van der Waals surface area contributed by atoms with E-state index >= 15 is 0 Å². The fourth-order valence-electron chi connectivity index (χ4n) is 4.51. The molecule has 0 radical (unpaired) electrons. The molecule has 0 aromatic rings. The average Bonchev–Trinajstić information content (AvgIpc) is 2.82. The summed E-state index contributed by atoms with van der Waals surface area (Å²) < 4.78 is 16.5. The van der Waals surface area contributed by atoms with Gasteiger partial charge in [-0.15, -0.1) is 0 Å². The zero-order valence-electron chi connectivity index (χ0n) is 23.9. The molecule has 0 saturated heterocycles. The highest BCUT2D eigenvalue weighted by molar-refractivity contribution is 4.78. The predicted octanol–water partition coefficient (Wildman–Crippen LogP) is 7.60. The Morgan fingerprint density at radius 3 is 1.31 bits per heavy atom. The van der Waals surface area contributed by atoms with Gasteiger partial charge in [0.1, 0.15) is 0 Å². The van der Waals surface area contributed by atoms with Crippen LogP contribution in [0.2, 0.25) is 0 Å². The topological polar surface area (TPSA) is 68.2 Å². The normalized spacial score (nSPS) is 12.9. The van der Waals surface area contributed by atoms with Crippen molar-refractivity contribution in [2.45, 2.75) is 154 Å². The van der Waals surface area contributed by atoms with E-state index in [0.717, 1.165) is 12.8 Å². The highest BCUT2D eigenvalue weighted by atomic mass is 16.6. The monoisotopic (exact) mass is 502 g/mol. The summed E-state index contributed by atoms with van der Waals surface area (Å²) in [7, 11) is 0. The molecule has 2 N–H and O–H groups in total. The molecule has 0 rings (SSSR count). The summed E-state index contributed by atoms with van der Waals surface area (Å²) in [5.74, 6) is 0. The zero-order chi connectivity index (χ0) is 25.9. The summed E-state index contributed by atoms with van der Waals surface area (Å²) in [4.78, 5) is 0. The summed E-state index contributed by atoms with van der Waals surface area (Å²) in [6.07, 6.45) is 25.5. The van der Waals surface area contributed by atoms with Gasteiger partial charge >= 0.3 is 0 Å². The van der Waals surface area contributed by atoms with Gasteiger partial charge in [0.05, 0.1) is 51.3 Å². The first-order chi connectivity index (χ1) is 17.0. The highest BCUT2D eigenvalue weighted by Crippen LogP contribution is 2.20. The molecule has 0 fully saturated rings. The second-order valence-corrected chi connectivity index (χ2v) is 10.8. The quantitative estimate of drug-likeness (QED) is 0.103. The molecular formula is C30H62O5. The third kappa shape index (κ3) is 26.7. The molecule has 1 unspecified atom stereocenters. The predicted molar refractivity (Wildman–Crippen MR) is 148 cm³/mol. The van der Waals surface area contributed by atoms with Crippen molar-refractivity contribution in [1.82, 2.24) is 0 Å². The van der Waals surface area contributed by atoms with Gasteiger partial charge in [0.2, 0.25) is 0 Å². The van der Waals surface area contributed by atoms with Crippen LogP contribution in [-0.2, 0) is 14.2 Å². The number of aliphatic hydroxyl groups is 2. The minimum absolute atomic E-state index is 0.0375. The molecule has 0 bridgehead atoms. The van der Waals surface area contributed by atoms with Gasteiger partial charge in [-0.25, -0.2) is 0 Å². The van der Waals surface area contributed by atoms with Crippen molar-refractivity contribution in [1.29, 1.82) is 0 Å². The molecule has 0 aliphatic heterocycles. The van der Waals surface area contributed by atoms with Crippen LogP contribution in [0.15, 0.2) is 0 Å². The van der Waals surface area contributed by atoms with E-state index in [-0.39, 0.29) is 12.7 Å². The number of unbranched alkanes of at least 4 members (excludes halogenated alkanes) is 17. The van der Waals surface area contributed by atoms with Crippen LogP contribution >= 0.6 is 0 Å². The maximum atomic E-state index is 10.4. The lowest BCUT2D eigenvalue weighted by atomic mass is 9.95. The summed E-state index contributed by atoms with van der Waals surface area (Å²) in [6.45, 7) is 8.28. The van der Waals surface area contributed by atoms with Gasteiger partial charge in [0.15, 0.2) is 0 Å². The summed E-state index contributed by atoms with van der Waals surface area (Å²) >= 11 is 0. The van der Waals surface area contributed by atoms with E-state index in [1.54, 1.807) is 0 Å². The van der Waals surface area contributed by atoms with Gasteiger partial charge in [-0.1, -0.05) is 122 Å². The molecule has 212 valence electrons. The standard InChI is InChI=1S/C30H62O5/c1-4-5-6-7-8-9-10-11-12-13-14-15-16-17-18-19-20-21-22-29(30(2,3)32)35-28-27-34-26-25-33-24-23-31/h29,31-32H,4-28H2,1-3H3. The molecule has 0 aliphatic carbocycles. The van der Waals surface area contributed by atoms with E-state index in [1.165, 1.54) is 109 Å². The van der Waals surface area contributed by atoms with Crippen molar-refractivity contribution in [2.75, 3.05) is 39.6 Å². The Hall–Kier alpha value is -0.200. The van der Waals surface area contributed by atoms with Crippen molar-refractivity contribution < 1.29 is 24.4 Å². The van der Waals surface area contributed by atoms with Crippen LogP contribution in [0, 0.1) is 0 Å². The van der Waals surface area contributed by atoms with Gasteiger partial charge in [0, 0.05) is 0 Å². The molecular weight excluding hydrogens is 440 g/mol. The highest BCUT2D eigenvalue weighted by Gasteiger charge is 2.26. The van der Waals surface area contributed by atoms with Crippen molar-refractivity contribution in [3.63, 3.8) is 0 Å². The third-order valence-corrected chi connectivity index (χ3v) is 6.76. The molecule has 5 heteroatoms. The minimum atomic E-state index is -0.834. The van der Waals surface area contributed by atoms with Gasteiger partial charge in [-0.3, -0.25) is 0 Å². The Balaban J connectivity index is 3.46. The van der Waals surface area contributed by atoms with Gasteiger partial charge in [-0.2, -0.15) is 0 Å². The van der Waals surface area contributed by atoms with Gasteiger partial charge < -0.3 is 24.4 Å². The number of ether oxygens (including phenoxy) is 3. The lowest BCUT2D eigenvalue weighted by molar-refractivity contribution is -0.104. The van der Waals surface area contributed by atoms with Crippen LogP contribution in [0.5, 0.6) is 0 Å². The fraction of sp³-hybridized carbons (Fsp3) is 1.00. The first-order valence-electron chi connectivity index (χ1n) is 15.1. The molecule has 0 amide bonds. The number of hydrogen-bond donors (Lipinski definition) is 2. The lowest BCUT2D eigenvalue weighted by Crippen LogP contribution is -2.39. The smallest absolute Gasteiger partial charge is 0.0857 e. The molecule has 0 aromatic heterocycles. The molecule has 0 spiro atoms. The second-order valence-electron chi connectivity index (χ2n) is 10.8. The third-order valence-electron chi connectivity index (χ3n) is 6.76. The number of hydrogen-bond acceptors (Lipinski definition) is 5. The Bertz CT molecular complexity index is 397. The maximum Gasteiger partial charge on any atom is 0.0857 e. The maximum absolute atomic E-state index is 10.4. The molecule has 1 atom stereocenters. The Labute approximate surface area is 218 Å². The van der Waals surface area contributed by atoms with Crippen molar-refractivity contribution in [3.8, 4) is 0 Å². The Morgan fingerprint density at radius 2 is 0.914 bits per heavy atom. The van der Waals surface area contributed by atoms with Crippen LogP contribution < -0.4 is 0 Å². The molecule has 5 nitrogen and oxygen atoms in total. The SMILES string of the molecule is CCCCCCCCCCCCCCCCCCCCC(OCCOCCOCCO)C(C)(C)O. The number of aliphatic hydroxyl groups excluding tert-OH is 1. The van der Waals surface area contributed by atoms with Crippen molar-refractivity contribution >= 4 is 0 Å². The van der Waals surface area contributed by atoms with E-state index in [2.05, 4.69) is 6.92 Å². The Morgan fingerprint density at radius 1 is 0.543 bits per heavy atom. The van der Waals surface area contributed by atoms with Gasteiger partial charge in [0.25, 0.3) is 0 Å². The second kappa shape index (κ2) is 26.9. The lowest BCUT2D eigenvalue weighted by Gasteiger charge is -2.29. The van der Waals surface area contributed by atoms with E-state index < -0.39 is 5.60 Å². The first-order valence-corrected chi connectivity index (χ1v) is 15.1. The largest absolute Gasteiger partial charge is 0.394 e. The Kier molecular flexibility index (Phi) is 26.7. The van der Waals surface area contributed by atoms with E-state index in [4.69, 9.17) is 19.3 Å².